The summed E-state index contributed by atoms with van der Waals surface area (Å²) in [6.07, 6.45) is 1.57. The van der Waals surface area contributed by atoms with Crippen LogP contribution in [0.25, 0.3) is 0 Å². The van der Waals surface area contributed by atoms with E-state index >= 15 is 0 Å². The molecule has 1 atom stereocenters. The molecule has 0 spiro atoms. The molecule has 0 heterocycles. The van der Waals surface area contributed by atoms with E-state index in [1.165, 1.54) is 6.92 Å². The molecule has 1 unspecified atom stereocenters. The number of rotatable bonds is 10. The fourth-order valence-electron chi connectivity index (χ4n) is 1.42. The largest absolute Gasteiger partial charge is 0.481 e. The minimum absolute atomic E-state index is 0.0107. The summed E-state index contributed by atoms with van der Waals surface area (Å²) in [5, 5.41) is 11.0. The van der Waals surface area contributed by atoms with Gasteiger partial charge in [-0.15, -0.1) is 0 Å². The zero-order chi connectivity index (χ0) is 14.9. The SMILES string of the molecule is CCCS(=O)(=O)NC(C)C(=O)NCCCCC(=O)O. The molecule has 3 N–H and O–H groups in total. The number of hydrogen-bond donors (Lipinski definition) is 3. The third-order valence-corrected chi connectivity index (χ3v) is 4.00. The molecule has 0 aliphatic heterocycles. The number of sulfonamides is 1. The first kappa shape index (κ1) is 17.8. The number of aliphatic carboxylic acids is 1. The van der Waals surface area contributed by atoms with Gasteiger partial charge in [0.15, 0.2) is 0 Å². The molecule has 112 valence electrons. The Hall–Kier alpha value is -1.15. The van der Waals surface area contributed by atoms with Crippen molar-refractivity contribution in [1.82, 2.24) is 10.0 Å². The molecule has 0 saturated carbocycles. The van der Waals surface area contributed by atoms with Crippen molar-refractivity contribution in [3.05, 3.63) is 0 Å². The third-order valence-electron chi connectivity index (χ3n) is 2.34. The molecule has 7 nitrogen and oxygen atoms in total. The Labute approximate surface area is 113 Å². The van der Waals surface area contributed by atoms with Crippen molar-refractivity contribution in [3.8, 4) is 0 Å². The molecule has 0 radical (unpaired) electrons. The number of carbonyl (C=O) groups is 2. The van der Waals surface area contributed by atoms with Crippen LogP contribution in [-0.4, -0.2) is 43.7 Å². The summed E-state index contributed by atoms with van der Waals surface area (Å²) in [6, 6.07) is -0.823. The van der Waals surface area contributed by atoms with Gasteiger partial charge >= 0.3 is 5.97 Å². The molecule has 0 aromatic rings. The Bertz CT molecular complexity index is 394. The van der Waals surface area contributed by atoms with E-state index in [1.807, 2.05) is 0 Å². The molecule has 19 heavy (non-hydrogen) atoms. The fraction of sp³-hybridized carbons (Fsp3) is 0.818. The van der Waals surface area contributed by atoms with Crippen molar-refractivity contribution in [1.29, 1.82) is 0 Å². The maximum Gasteiger partial charge on any atom is 0.303 e. The fourth-order valence-corrected chi connectivity index (χ4v) is 2.72. The number of carboxylic acids is 1. The summed E-state index contributed by atoms with van der Waals surface area (Å²) in [4.78, 5) is 21.8. The number of unbranched alkanes of at least 4 members (excludes halogenated alkanes) is 1. The highest BCUT2D eigenvalue weighted by molar-refractivity contribution is 7.89. The Morgan fingerprint density at radius 2 is 1.89 bits per heavy atom. The van der Waals surface area contributed by atoms with Crippen molar-refractivity contribution < 1.29 is 23.1 Å². The molecule has 0 aromatic heterocycles. The smallest absolute Gasteiger partial charge is 0.303 e. The van der Waals surface area contributed by atoms with Gasteiger partial charge in [-0.25, -0.2) is 13.1 Å². The van der Waals surface area contributed by atoms with Crippen LogP contribution in [0.2, 0.25) is 0 Å². The van der Waals surface area contributed by atoms with Gasteiger partial charge in [-0.3, -0.25) is 9.59 Å². The zero-order valence-electron chi connectivity index (χ0n) is 11.3. The van der Waals surface area contributed by atoms with Crippen LogP contribution in [-0.2, 0) is 19.6 Å². The first-order valence-electron chi connectivity index (χ1n) is 6.28. The predicted molar refractivity (Wildman–Crippen MR) is 71.2 cm³/mol. The van der Waals surface area contributed by atoms with Crippen LogP contribution in [0, 0.1) is 0 Å². The van der Waals surface area contributed by atoms with Crippen LogP contribution in [0.5, 0.6) is 0 Å². The van der Waals surface area contributed by atoms with E-state index in [0.29, 0.717) is 25.8 Å². The van der Waals surface area contributed by atoms with Gasteiger partial charge in [0.25, 0.3) is 0 Å². The summed E-state index contributed by atoms with van der Waals surface area (Å²) in [6.45, 7) is 3.55. The van der Waals surface area contributed by atoms with Crippen LogP contribution < -0.4 is 10.0 Å². The van der Waals surface area contributed by atoms with E-state index in [-0.39, 0.29) is 12.2 Å². The average molecular weight is 294 g/mol. The van der Waals surface area contributed by atoms with Gasteiger partial charge in [-0.1, -0.05) is 6.92 Å². The lowest BCUT2D eigenvalue weighted by Crippen LogP contribution is -2.45. The number of nitrogens with one attached hydrogen (secondary N) is 2. The van der Waals surface area contributed by atoms with E-state index in [0.717, 1.165) is 0 Å². The topological polar surface area (TPSA) is 113 Å². The second kappa shape index (κ2) is 8.87. The molecular formula is C11H22N2O5S. The van der Waals surface area contributed by atoms with Gasteiger partial charge in [-0.05, 0) is 26.2 Å². The monoisotopic (exact) mass is 294 g/mol. The van der Waals surface area contributed by atoms with Crippen LogP contribution >= 0.6 is 0 Å². The van der Waals surface area contributed by atoms with Crippen molar-refractivity contribution in [2.75, 3.05) is 12.3 Å². The van der Waals surface area contributed by atoms with Crippen LogP contribution in [0.1, 0.15) is 39.5 Å². The van der Waals surface area contributed by atoms with Gasteiger partial charge in [0.1, 0.15) is 0 Å². The molecule has 0 bridgehead atoms. The number of hydrogen-bond acceptors (Lipinski definition) is 4. The molecule has 1 amide bonds. The predicted octanol–water partition coefficient (Wildman–Crippen LogP) is 0.0754. The van der Waals surface area contributed by atoms with Gasteiger partial charge in [0, 0.05) is 13.0 Å². The molecule has 0 aromatic carbocycles. The summed E-state index contributed by atoms with van der Waals surface area (Å²) in [5.41, 5.74) is 0. The van der Waals surface area contributed by atoms with Crippen molar-refractivity contribution in [2.24, 2.45) is 0 Å². The van der Waals surface area contributed by atoms with Gasteiger partial charge in [0.05, 0.1) is 11.8 Å². The third kappa shape index (κ3) is 9.43. The highest BCUT2D eigenvalue weighted by Gasteiger charge is 2.18. The zero-order valence-corrected chi connectivity index (χ0v) is 12.1. The Kier molecular flexibility index (Phi) is 8.33. The highest BCUT2D eigenvalue weighted by atomic mass is 32.2. The number of carbonyl (C=O) groups excluding carboxylic acids is 1. The van der Waals surface area contributed by atoms with Crippen molar-refractivity contribution in [3.63, 3.8) is 0 Å². The Balaban J connectivity index is 3.91. The first-order valence-corrected chi connectivity index (χ1v) is 7.93. The van der Waals surface area contributed by atoms with E-state index in [1.54, 1.807) is 6.92 Å². The van der Waals surface area contributed by atoms with E-state index in [2.05, 4.69) is 10.0 Å². The van der Waals surface area contributed by atoms with E-state index < -0.39 is 27.9 Å². The summed E-state index contributed by atoms with van der Waals surface area (Å²) < 4.78 is 25.2. The average Bonchev–Trinajstić information content (AvgIpc) is 2.26. The van der Waals surface area contributed by atoms with Crippen LogP contribution in [0.15, 0.2) is 0 Å². The lowest BCUT2D eigenvalue weighted by atomic mass is 10.2. The summed E-state index contributed by atoms with van der Waals surface area (Å²) in [7, 11) is -3.41. The normalized spacial score (nSPS) is 12.9. The minimum Gasteiger partial charge on any atom is -0.481 e. The Morgan fingerprint density at radius 3 is 2.42 bits per heavy atom. The molecule has 8 heteroatoms. The van der Waals surface area contributed by atoms with E-state index in [9.17, 15) is 18.0 Å². The molecular weight excluding hydrogens is 272 g/mol. The second-order valence-corrected chi connectivity index (χ2v) is 6.17. The molecule has 0 aliphatic carbocycles. The standard InChI is InChI=1S/C11H22N2O5S/c1-3-8-19(17,18)13-9(2)11(16)12-7-5-4-6-10(14)15/h9,13H,3-8H2,1-2H3,(H,12,16)(H,14,15). The van der Waals surface area contributed by atoms with Gasteiger partial charge in [-0.2, -0.15) is 0 Å². The lowest BCUT2D eigenvalue weighted by molar-refractivity contribution is -0.137. The van der Waals surface area contributed by atoms with E-state index in [4.69, 9.17) is 5.11 Å². The van der Waals surface area contributed by atoms with Crippen LogP contribution in [0.3, 0.4) is 0 Å². The molecule has 0 aliphatic rings. The first-order chi connectivity index (χ1) is 8.78. The van der Waals surface area contributed by atoms with Crippen molar-refractivity contribution >= 4 is 21.9 Å². The summed E-state index contributed by atoms with van der Waals surface area (Å²) >= 11 is 0. The van der Waals surface area contributed by atoms with Crippen LogP contribution in [0.4, 0.5) is 0 Å². The Morgan fingerprint density at radius 1 is 1.26 bits per heavy atom. The molecule has 0 fully saturated rings. The molecule has 0 saturated heterocycles. The second-order valence-electron chi connectivity index (χ2n) is 4.30. The van der Waals surface area contributed by atoms with Crippen molar-refractivity contribution in [2.45, 2.75) is 45.6 Å². The van der Waals surface area contributed by atoms with Gasteiger partial charge in [0.2, 0.25) is 15.9 Å². The van der Waals surface area contributed by atoms with Gasteiger partial charge < -0.3 is 10.4 Å². The quantitative estimate of drug-likeness (QED) is 0.494. The lowest BCUT2D eigenvalue weighted by Gasteiger charge is -2.13. The molecule has 0 rings (SSSR count). The highest BCUT2D eigenvalue weighted by Crippen LogP contribution is 1.95. The minimum atomic E-state index is -3.41. The number of carboxylic acid groups (broad SMARTS) is 1. The number of amides is 1. The summed E-state index contributed by atoms with van der Waals surface area (Å²) in [5.74, 6) is -1.29. The maximum atomic E-state index is 11.6. The maximum absolute atomic E-state index is 11.6.